The highest BCUT2D eigenvalue weighted by molar-refractivity contribution is 5.85. The summed E-state index contributed by atoms with van der Waals surface area (Å²) in [4.78, 5) is 28.1. The highest BCUT2D eigenvalue weighted by atomic mass is 19.1. The number of carbonyl (C=O) groups is 2. The summed E-state index contributed by atoms with van der Waals surface area (Å²) < 4.78 is 13.0. The number of hydrogen-bond donors (Lipinski definition) is 1. The number of carboxylic acid groups (broad SMARTS) is 1. The highest BCUT2D eigenvalue weighted by Crippen LogP contribution is 2.32. The second-order valence-electron chi connectivity index (χ2n) is 6.62. The van der Waals surface area contributed by atoms with Gasteiger partial charge in [-0.25, -0.2) is 4.39 Å². The van der Waals surface area contributed by atoms with Crippen molar-refractivity contribution in [1.29, 1.82) is 0 Å². The van der Waals surface area contributed by atoms with Crippen LogP contribution in [0.3, 0.4) is 0 Å². The lowest BCUT2D eigenvalue weighted by molar-refractivity contribution is -0.152. The van der Waals surface area contributed by atoms with Crippen LogP contribution in [0, 0.1) is 17.7 Å². The van der Waals surface area contributed by atoms with Gasteiger partial charge in [0.25, 0.3) is 0 Å². The molecule has 2 fully saturated rings. The molecule has 2 atom stereocenters. The number of benzene rings is 1. The summed E-state index contributed by atoms with van der Waals surface area (Å²) in [6, 6.07) is 6.36. The molecular weight excluding hydrogens is 311 g/mol. The molecule has 24 heavy (non-hydrogen) atoms. The third kappa shape index (κ3) is 3.52. The maximum atomic E-state index is 13.0. The third-order valence-electron chi connectivity index (χ3n) is 5.18. The van der Waals surface area contributed by atoms with Crippen LogP contribution in [0.2, 0.25) is 0 Å². The van der Waals surface area contributed by atoms with Crippen LogP contribution in [-0.2, 0) is 9.59 Å². The number of hydrogen-bond acceptors (Lipinski definition) is 3. The number of rotatable bonds is 3. The van der Waals surface area contributed by atoms with Gasteiger partial charge in [-0.15, -0.1) is 0 Å². The first kappa shape index (κ1) is 16.7. The van der Waals surface area contributed by atoms with Crippen molar-refractivity contribution in [1.82, 2.24) is 4.90 Å². The summed E-state index contributed by atoms with van der Waals surface area (Å²) in [7, 11) is 0. The van der Waals surface area contributed by atoms with E-state index in [0.29, 0.717) is 39.0 Å². The zero-order valence-corrected chi connectivity index (χ0v) is 13.7. The maximum absolute atomic E-state index is 13.0. The molecule has 3 rings (SSSR count). The van der Waals surface area contributed by atoms with E-state index >= 15 is 0 Å². The number of anilines is 1. The van der Waals surface area contributed by atoms with E-state index in [1.54, 1.807) is 17.0 Å². The Balaban J connectivity index is 1.60. The van der Waals surface area contributed by atoms with Crippen molar-refractivity contribution in [2.75, 3.05) is 31.1 Å². The lowest BCUT2D eigenvalue weighted by Crippen LogP contribution is -2.52. The number of amides is 1. The molecule has 1 saturated heterocycles. The molecule has 0 aromatic heterocycles. The first-order valence-electron chi connectivity index (χ1n) is 8.58. The minimum atomic E-state index is -0.849. The van der Waals surface area contributed by atoms with Crippen molar-refractivity contribution < 1.29 is 19.1 Å². The average Bonchev–Trinajstić information content (AvgIpc) is 2.62. The van der Waals surface area contributed by atoms with Gasteiger partial charge in [-0.2, -0.15) is 0 Å². The standard InChI is InChI=1S/C18H23FN2O3/c19-13-5-7-14(8-6-13)20-9-11-21(12-10-20)17(22)15-3-1-2-4-16(15)18(23)24/h5-8,15-16H,1-4,9-12H2,(H,23,24). The van der Waals surface area contributed by atoms with Crippen molar-refractivity contribution in [3.8, 4) is 0 Å². The minimum Gasteiger partial charge on any atom is -0.481 e. The number of carboxylic acids is 1. The number of halogens is 1. The maximum Gasteiger partial charge on any atom is 0.307 e. The van der Waals surface area contributed by atoms with Crippen LogP contribution < -0.4 is 4.90 Å². The SMILES string of the molecule is O=C(O)C1CCCCC1C(=O)N1CCN(c2ccc(F)cc2)CC1. The van der Waals surface area contributed by atoms with Gasteiger partial charge in [-0.05, 0) is 37.1 Å². The van der Waals surface area contributed by atoms with Crippen molar-refractivity contribution >= 4 is 17.6 Å². The van der Waals surface area contributed by atoms with E-state index < -0.39 is 11.9 Å². The molecule has 1 aromatic rings. The molecule has 1 amide bonds. The lowest BCUT2D eigenvalue weighted by Gasteiger charge is -2.39. The van der Waals surface area contributed by atoms with E-state index in [-0.39, 0.29) is 17.6 Å². The van der Waals surface area contributed by atoms with E-state index in [4.69, 9.17) is 0 Å². The molecule has 0 bridgehead atoms. The summed E-state index contributed by atoms with van der Waals surface area (Å²) in [5.41, 5.74) is 0.949. The Morgan fingerprint density at radius 2 is 1.54 bits per heavy atom. The predicted molar refractivity (Wildman–Crippen MR) is 88.3 cm³/mol. The summed E-state index contributed by atoms with van der Waals surface area (Å²) >= 11 is 0. The van der Waals surface area contributed by atoms with Crippen LogP contribution in [0.15, 0.2) is 24.3 Å². The molecule has 1 aromatic carbocycles. The molecule has 2 aliphatic rings. The third-order valence-corrected chi connectivity index (χ3v) is 5.18. The topological polar surface area (TPSA) is 60.9 Å². The Hall–Kier alpha value is -2.11. The van der Waals surface area contributed by atoms with Crippen LogP contribution in [-0.4, -0.2) is 48.1 Å². The number of aliphatic carboxylic acids is 1. The molecule has 1 saturated carbocycles. The van der Waals surface area contributed by atoms with Gasteiger partial charge in [-0.3, -0.25) is 9.59 Å². The molecule has 6 heteroatoms. The summed E-state index contributed by atoms with van der Waals surface area (Å²) in [6.07, 6.45) is 3.09. The molecule has 0 radical (unpaired) electrons. The Kier molecular flexibility index (Phi) is 5.02. The Bertz CT molecular complexity index is 597. The molecule has 1 heterocycles. The van der Waals surface area contributed by atoms with Crippen LogP contribution >= 0.6 is 0 Å². The Morgan fingerprint density at radius 3 is 2.12 bits per heavy atom. The van der Waals surface area contributed by atoms with Gasteiger partial charge in [-0.1, -0.05) is 12.8 Å². The molecule has 1 N–H and O–H groups in total. The highest BCUT2D eigenvalue weighted by Gasteiger charge is 2.38. The fourth-order valence-electron chi connectivity index (χ4n) is 3.79. The summed E-state index contributed by atoms with van der Waals surface area (Å²) in [6.45, 7) is 2.53. The van der Waals surface area contributed by atoms with Crippen molar-refractivity contribution in [2.24, 2.45) is 11.8 Å². The van der Waals surface area contributed by atoms with Crippen LogP contribution in [0.1, 0.15) is 25.7 Å². The predicted octanol–water partition coefficient (Wildman–Crippen LogP) is 2.37. The van der Waals surface area contributed by atoms with E-state index in [2.05, 4.69) is 4.90 Å². The number of carbonyl (C=O) groups excluding carboxylic acids is 1. The van der Waals surface area contributed by atoms with E-state index in [9.17, 15) is 19.1 Å². The molecule has 5 nitrogen and oxygen atoms in total. The smallest absolute Gasteiger partial charge is 0.307 e. The van der Waals surface area contributed by atoms with Crippen LogP contribution in [0.4, 0.5) is 10.1 Å². The normalized spacial score (nSPS) is 24.7. The summed E-state index contributed by atoms with van der Waals surface area (Å²) in [5.74, 6) is -2.04. The molecule has 2 unspecified atom stereocenters. The molecule has 130 valence electrons. The van der Waals surface area contributed by atoms with Gasteiger partial charge in [0.2, 0.25) is 5.91 Å². The Labute approximate surface area is 141 Å². The van der Waals surface area contributed by atoms with Gasteiger partial charge in [0.1, 0.15) is 5.82 Å². The largest absolute Gasteiger partial charge is 0.481 e. The molecule has 1 aliphatic heterocycles. The fraction of sp³-hybridized carbons (Fsp3) is 0.556. The first-order chi connectivity index (χ1) is 11.6. The van der Waals surface area contributed by atoms with Crippen molar-refractivity contribution in [2.45, 2.75) is 25.7 Å². The monoisotopic (exact) mass is 334 g/mol. The van der Waals surface area contributed by atoms with Gasteiger partial charge in [0.05, 0.1) is 11.8 Å². The molecule has 0 spiro atoms. The Morgan fingerprint density at radius 1 is 0.958 bits per heavy atom. The second-order valence-corrected chi connectivity index (χ2v) is 6.62. The quantitative estimate of drug-likeness (QED) is 0.922. The fourth-order valence-corrected chi connectivity index (χ4v) is 3.79. The average molecular weight is 334 g/mol. The second kappa shape index (κ2) is 7.20. The molecule has 1 aliphatic carbocycles. The van der Waals surface area contributed by atoms with Crippen molar-refractivity contribution in [3.63, 3.8) is 0 Å². The minimum absolute atomic E-state index is 0.0131. The van der Waals surface area contributed by atoms with Crippen molar-refractivity contribution in [3.05, 3.63) is 30.1 Å². The van der Waals surface area contributed by atoms with E-state index in [1.807, 2.05) is 0 Å². The van der Waals surface area contributed by atoms with Crippen LogP contribution in [0.25, 0.3) is 0 Å². The van der Waals surface area contributed by atoms with Gasteiger partial charge < -0.3 is 14.9 Å². The number of nitrogens with zero attached hydrogens (tertiary/aromatic N) is 2. The molecular formula is C18H23FN2O3. The number of piperazine rings is 1. The zero-order valence-electron chi connectivity index (χ0n) is 13.7. The van der Waals surface area contributed by atoms with Gasteiger partial charge in [0.15, 0.2) is 0 Å². The van der Waals surface area contributed by atoms with E-state index in [0.717, 1.165) is 18.5 Å². The van der Waals surface area contributed by atoms with E-state index in [1.165, 1.54) is 12.1 Å². The van der Waals surface area contributed by atoms with Crippen LogP contribution in [0.5, 0.6) is 0 Å². The lowest BCUT2D eigenvalue weighted by atomic mass is 9.78. The van der Waals surface area contributed by atoms with Gasteiger partial charge >= 0.3 is 5.97 Å². The summed E-state index contributed by atoms with van der Waals surface area (Å²) in [5, 5.41) is 9.36. The van der Waals surface area contributed by atoms with Gasteiger partial charge in [0, 0.05) is 31.9 Å². The zero-order chi connectivity index (χ0) is 17.1. The first-order valence-corrected chi connectivity index (χ1v) is 8.58.